The number of carbonyl (C=O) groups is 1. The third kappa shape index (κ3) is 2.94. The fourth-order valence-corrected chi connectivity index (χ4v) is 1.02. The van der Waals surface area contributed by atoms with Crippen LogP contribution in [0.3, 0.4) is 0 Å². The van der Waals surface area contributed by atoms with E-state index in [9.17, 15) is 4.79 Å². The SMILES string of the molecule is COC=C(OC(C)=O)c1ccccc1. The number of rotatable bonds is 3. The predicted molar refractivity (Wildman–Crippen MR) is 53.2 cm³/mol. The van der Waals surface area contributed by atoms with Crippen LogP contribution in [0.2, 0.25) is 0 Å². The Hall–Kier alpha value is -1.77. The van der Waals surface area contributed by atoms with Crippen molar-refractivity contribution in [2.75, 3.05) is 7.11 Å². The molecule has 0 atom stereocenters. The van der Waals surface area contributed by atoms with E-state index in [0.717, 1.165) is 5.56 Å². The van der Waals surface area contributed by atoms with Gasteiger partial charge >= 0.3 is 5.97 Å². The summed E-state index contributed by atoms with van der Waals surface area (Å²) in [6.07, 6.45) is 1.40. The quantitative estimate of drug-likeness (QED) is 0.544. The normalized spacial score (nSPS) is 10.9. The lowest BCUT2D eigenvalue weighted by Gasteiger charge is -2.05. The van der Waals surface area contributed by atoms with Gasteiger partial charge in [0, 0.05) is 12.5 Å². The van der Waals surface area contributed by atoms with E-state index >= 15 is 0 Å². The second-order valence-corrected chi connectivity index (χ2v) is 2.68. The minimum atomic E-state index is -0.364. The van der Waals surface area contributed by atoms with Gasteiger partial charge in [-0.05, 0) is 0 Å². The molecule has 3 nitrogen and oxygen atoms in total. The molecule has 1 rings (SSSR count). The van der Waals surface area contributed by atoms with Crippen molar-refractivity contribution < 1.29 is 14.3 Å². The Morgan fingerprint density at radius 1 is 1.29 bits per heavy atom. The number of ether oxygens (including phenoxy) is 2. The van der Waals surface area contributed by atoms with Gasteiger partial charge in [-0.1, -0.05) is 30.3 Å². The topological polar surface area (TPSA) is 35.5 Å². The van der Waals surface area contributed by atoms with Gasteiger partial charge in [0.2, 0.25) is 0 Å². The van der Waals surface area contributed by atoms with Gasteiger partial charge in [-0.25, -0.2) is 0 Å². The van der Waals surface area contributed by atoms with Crippen molar-refractivity contribution in [3.8, 4) is 0 Å². The maximum atomic E-state index is 10.8. The van der Waals surface area contributed by atoms with Gasteiger partial charge in [-0.15, -0.1) is 0 Å². The smallest absolute Gasteiger partial charge is 0.308 e. The first-order valence-electron chi connectivity index (χ1n) is 4.21. The zero-order chi connectivity index (χ0) is 10.4. The number of carbonyl (C=O) groups excluding carboxylic acids is 1. The summed E-state index contributed by atoms with van der Waals surface area (Å²) in [6.45, 7) is 1.35. The first-order chi connectivity index (χ1) is 6.74. The minimum absolute atomic E-state index is 0.364. The van der Waals surface area contributed by atoms with Crippen molar-refractivity contribution in [2.45, 2.75) is 6.92 Å². The Kier molecular flexibility index (Phi) is 3.73. The van der Waals surface area contributed by atoms with E-state index < -0.39 is 0 Å². The first kappa shape index (κ1) is 10.3. The molecule has 0 aromatic heterocycles. The lowest BCUT2D eigenvalue weighted by atomic mass is 10.2. The standard InChI is InChI=1S/C11H12O3/c1-9(12)14-11(8-13-2)10-6-4-3-5-7-10/h3-8H,1-2H3. The zero-order valence-electron chi connectivity index (χ0n) is 8.19. The van der Waals surface area contributed by atoms with E-state index in [2.05, 4.69) is 0 Å². The van der Waals surface area contributed by atoms with Crippen molar-refractivity contribution in [3.05, 3.63) is 42.2 Å². The van der Waals surface area contributed by atoms with Crippen molar-refractivity contribution >= 4 is 11.7 Å². The summed E-state index contributed by atoms with van der Waals surface area (Å²) < 4.78 is 9.79. The fraction of sp³-hybridized carbons (Fsp3) is 0.182. The summed E-state index contributed by atoms with van der Waals surface area (Å²) in [6, 6.07) is 9.30. The molecule has 0 spiro atoms. The van der Waals surface area contributed by atoms with Crippen LogP contribution in [0.1, 0.15) is 12.5 Å². The average Bonchev–Trinajstić information content (AvgIpc) is 2.18. The number of hydrogen-bond acceptors (Lipinski definition) is 3. The van der Waals surface area contributed by atoms with Crippen LogP contribution < -0.4 is 0 Å². The molecule has 3 heteroatoms. The summed E-state index contributed by atoms with van der Waals surface area (Å²) in [5.41, 5.74) is 0.810. The maximum absolute atomic E-state index is 10.8. The second kappa shape index (κ2) is 5.07. The van der Waals surface area contributed by atoms with E-state index in [1.807, 2.05) is 30.3 Å². The molecule has 0 heterocycles. The number of hydrogen-bond donors (Lipinski definition) is 0. The molecule has 0 aliphatic rings. The highest BCUT2D eigenvalue weighted by Gasteiger charge is 2.04. The summed E-state index contributed by atoms with van der Waals surface area (Å²) >= 11 is 0. The van der Waals surface area contributed by atoms with Crippen molar-refractivity contribution in [1.29, 1.82) is 0 Å². The third-order valence-corrected chi connectivity index (χ3v) is 1.54. The largest absolute Gasteiger partial charge is 0.500 e. The van der Waals surface area contributed by atoms with Gasteiger partial charge in [0.05, 0.1) is 7.11 Å². The van der Waals surface area contributed by atoms with Gasteiger partial charge in [0.25, 0.3) is 0 Å². The molecule has 74 valence electrons. The fourth-order valence-electron chi connectivity index (χ4n) is 1.02. The highest BCUT2D eigenvalue weighted by atomic mass is 16.5. The van der Waals surface area contributed by atoms with Crippen molar-refractivity contribution in [2.24, 2.45) is 0 Å². The van der Waals surface area contributed by atoms with Crippen LogP contribution >= 0.6 is 0 Å². The molecule has 0 unspecified atom stereocenters. The molecule has 0 saturated heterocycles. The molecule has 0 saturated carbocycles. The van der Waals surface area contributed by atoms with Gasteiger partial charge in [0.15, 0.2) is 5.76 Å². The van der Waals surface area contributed by atoms with Crippen molar-refractivity contribution in [1.82, 2.24) is 0 Å². The van der Waals surface area contributed by atoms with Crippen LogP contribution in [0.5, 0.6) is 0 Å². The highest BCUT2D eigenvalue weighted by molar-refractivity contribution is 5.75. The molecule has 0 fully saturated rings. The Balaban J connectivity index is 2.89. The zero-order valence-corrected chi connectivity index (χ0v) is 8.19. The van der Waals surface area contributed by atoms with Crippen LogP contribution in [-0.4, -0.2) is 13.1 Å². The van der Waals surface area contributed by atoms with Crippen LogP contribution in [0, 0.1) is 0 Å². The Bertz CT molecular complexity index is 328. The van der Waals surface area contributed by atoms with E-state index in [-0.39, 0.29) is 5.97 Å². The van der Waals surface area contributed by atoms with Gasteiger partial charge < -0.3 is 9.47 Å². The molecular weight excluding hydrogens is 180 g/mol. The van der Waals surface area contributed by atoms with E-state index in [1.165, 1.54) is 20.3 Å². The molecule has 0 aliphatic carbocycles. The maximum Gasteiger partial charge on any atom is 0.308 e. The number of methoxy groups -OCH3 is 1. The molecule has 14 heavy (non-hydrogen) atoms. The van der Waals surface area contributed by atoms with Crippen LogP contribution in [0.4, 0.5) is 0 Å². The summed E-state index contributed by atoms with van der Waals surface area (Å²) in [5, 5.41) is 0. The summed E-state index contributed by atoms with van der Waals surface area (Å²) in [4.78, 5) is 10.8. The van der Waals surface area contributed by atoms with E-state index in [4.69, 9.17) is 9.47 Å². The Morgan fingerprint density at radius 3 is 2.43 bits per heavy atom. The van der Waals surface area contributed by atoms with E-state index in [1.54, 1.807) is 0 Å². The van der Waals surface area contributed by atoms with Crippen molar-refractivity contribution in [3.63, 3.8) is 0 Å². The highest BCUT2D eigenvalue weighted by Crippen LogP contribution is 2.15. The molecule has 1 aromatic carbocycles. The first-order valence-corrected chi connectivity index (χ1v) is 4.21. The van der Waals surface area contributed by atoms with E-state index in [0.29, 0.717) is 5.76 Å². The second-order valence-electron chi connectivity index (χ2n) is 2.68. The molecule has 0 amide bonds. The average molecular weight is 192 g/mol. The Labute approximate surface area is 83.0 Å². The molecule has 1 aromatic rings. The third-order valence-electron chi connectivity index (χ3n) is 1.54. The van der Waals surface area contributed by atoms with Crippen LogP contribution in [-0.2, 0) is 14.3 Å². The number of benzene rings is 1. The summed E-state index contributed by atoms with van der Waals surface area (Å²) in [7, 11) is 1.51. The van der Waals surface area contributed by atoms with Crippen LogP contribution in [0.15, 0.2) is 36.6 Å². The number of esters is 1. The lowest BCUT2D eigenvalue weighted by molar-refractivity contribution is -0.134. The van der Waals surface area contributed by atoms with Gasteiger partial charge in [-0.2, -0.15) is 0 Å². The molecule has 0 radical (unpaired) electrons. The summed E-state index contributed by atoms with van der Waals surface area (Å²) in [5.74, 6) is 0.0535. The van der Waals surface area contributed by atoms with Gasteiger partial charge in [0.1, 0.15) is 6.26 Å². The molecule has 0 N–H and O–H groups in total. The van der Waals surface area contributed by atoms with Crippen LogP contribution in [0.25, 0.3) is 5.76 Å². The monoisotopic (exact) mass is 192 g/mol. The lowest BCUT2D eigenvalue weighted by Crippen LogP contribution is -1.98. The molecule has 0 aliphatic heterocycles. The predicted octanol–water partition coefficient (Wildman–Crippen LogP) is 2.19. The Morgan fingerprint density at radius 2 is 1.93 bits per heavy atom. The molecule has 0 bridgehead atoms. The minimum Gasteiger partial charge on any atom is -0.500 e. The molecular formula is C11H12O3. The van der Waals surface area contributed by atoms with Gasteiger partial charge in [-0.3, -0.25) is 4.79 Å².